The van der Waals surface area contributed by atoms with Crippen molar-refractivity contribution in [1.29, 1.82) is 0 Å². The summed E-state index contributed by atoms with van der Waals surface area (Å²) >= 11 is 0. The molecule has 29 heavy (non-hydrogen) atoms. The molecule has 146 valence electrons. The minimum atomic E-state index is -0.596. The summed E-state index contributed by atoms with van der Waals surface area (Å²) < 4.78 is 6.80. The second-order valence-corrected chi connectivity index (χ2v) is 6.26. The number of para-hydroxylation sites is 1. The van der Waals surface area contributed by atoms with E-state index >= 15 is 0 Å². The molecular weight excluding hydrogens is 370 g/mol. The number of imidazole rings is 1. The monoisotopic (exact) mass is 389 g/mol. The number of aryl methyl sites for hydroxylation is 1. The number of aromatic nitrogens is 5. The lowest BCUT2D eigenvalue weighted by molar-refractivity contribution is 0.0595. The number of hydrogen-bond donors (Lipinski definition) is 2. The largest absolute Gasteiger partial charge is 0.464 e. The van der Waals surface area contributed by atoms with Crippen molar-refractivity contribution in [2.45, 2.75) is 0 Å². The van der Waals surface area contributed by atoms with Gasteiger partial charge in [0.25, 0.3) is 0 Å². The van der Waals surface area contributed by atoms with Crippen molar-refractivity contribution in [3.8, 4) is 11.3 Å². The number of carbonyl (C=O) groups is 1. The van der Waals surface area contributed by atoms with E-state index in [2.05, 4.69) is 30.6 Å². The number of carbonyl (C=O) groups excluding carboxylic acids is 1. The predicted molar refractivity (Wildman–Crippen MR) is 110 cm³/mol. The Bertz CT molecular complexity index is 1190. The van der Waals surface area contributed by atoms with Crippen LogP contribution < -0.4 is 10.6 Å². The van der Waals surface area contributed by atoms with Crippen molar-refractivity contribution in [3.63, 3.8) is 0 Å². The molecule has 0 bridgehead atoms. The minimum Gasteiger partial charge on any atom is -0.464 e. The molecule has 3 aromatic heterocycles. The summed E-state index contributed by atoms with van der Waals surface area (Å²) in [5.41, 5.74) is 3.53. The van der Waals surface area contributed by atoms with Crippen LogP contribution in [0.2, 0.25) is 0 Å². The van der Waals surface area contributed by atoms with Gasteiger partial charge in [-0.15, -0.1) is 0 Å². The first-order chi connectivity index (χ1) is 14.1. The first kappa shape index (κ1) is 18.4. The predicted octanol–water partition coefficient (Wildman–Crippen LogP) is 3.00. The molecule has 0 fully saturated rings. The number of nitrogens with one attached hydrogen (secondary N) is 2. The lowest BCUT2D eigenvalue weighted by atomic mass is 10.1. The van der Waals surface area contributed by atoms with E-state index in [1.165, 1.54) is 7.11 Å². The van der Waals surface area contributed by atoms with E-state index in [9.17, 15) is 4.79 Å². The summed E-state index contributed by atoms with van der Waals surface area (Å²) in [6.07, 6.45) is 5.09. The van der Waals surface area contributed by atoms with Crippen LogP contribution in [-0.4, -0.2) is 44.6 Å². The molecule has 0 saturated heterocycles. The first-order valence-electron chi connectivity index (χ1n) is 8.88. The number of esters is 1. The average molecular weight is 389 g/mol. The third-order valence-electron chi connectivity index (χ3n) is 4.44. The Kier molecular flexibility index (Phi) is 4.78. The third kappa shape index (κ3) is 3.33. The van der Waals surface area contributed by atoms with E-state index in [4.69, 9.17) is 4.74 Å². The van der Waals surface area contributed by atoms with Gasteiger partial charge in [0.1, 0.15) is 11.2 Å². The lowest BCUT2D eigenvalue weighted by Gasteiger charge is -2.14. The van der Waals surface area contributed by atoms with Crippen LogP contribution in [0.25, 0.3) is 22.3 Å². The molecule has 4 aromatic rings. The van der Waals surface area contributed by atoms with Gasteiger partial charge in [0.2, 0.25) is 0 Å². The van der Waals surface area contributed by atoms with Crippen LogP contribution in [0, 0.1) is 0 Å². The maximum atomic E-state index is 12.5. The summed E-state index contributed by atoms with van der Waals surface area (Å²) in [6.45, 7) is 0. The molecule has 4 rings (SSSR count). The molecule has 3 heterocycles. The molecular formula is C20H19N7O2. The van der Waals surface area contributed by atoms with Gasteiger partial charge in [-0.1, -0.05) is 18.2 Å². The SMILES string of the molecule is CNc1nc(Nc2ccccc2)c(C(=O)OC)nc1-c1cncc2c1ncn2C. The zero-order valence-electron chi connectivity index (χ0n) is 16.2. The summed E-state index contributed by atoms with van der Waals surface area (Å²) in [4.78, 5) is 30.4. The quantitative estimate of drug-likeness (QED) is 0.502. The van der Waals surface area contributed by atoms with Crippen LogP contribution in [0.1, 0.15) is 10.5 Å². The molecule has 0 spiro atoms. The number of fused-ring (bicyclic) bond motifs is 1. The first-order valence-corrected chi connectivity index (χ1v) is 8.88. The molecule has 0 aliphatic carbocycles. The molecule has 0 saturated carbocycles. The number of rotatable bonds is 5. The highest BCUT2D eigenvalue weighted by molar-refractivity contribution is 5.97. The molecule has 0 aliphatic rings. The Hall–Kier alpha value is -4.01. The number of anilines is 3. The molecule has 2 N–H and O–H groups in total. The van der Waals surface area contributed by atoms with E-state index in [1.807, 2.05) is 41.9 Å². The zero-order valence-corrected chi connectivity index (χ0v) is 16.2. The summed E-state index contributed by atoms with van der Waals surface area (Å²) in [7, 11) is 4.94. The maximum Gasteiger partial charge on any atom is 0.360 e. The second kappa shape index (κ2) is 7.55. The Morgan fingerprint density at radius 2 is 1.90 bits per heavy atom. The van der Waals surface area contributed by atoms with Crippen molar-refractivity contribution in [1.82, 2.24) is 24.5 Å². The average Bonchev–Trinajstić information content (AvgIpc) is 3.14. The van der Waals surface area contributed by atoms with Gasteiger partial charge in [-0.3, -0.25) is 4.98 Å². The van der Waals surface area contributed by atoms with Crippen LogP contribution in [-0.2, 0) is 11.8 Å². The molecule has 0 amide bonds. The molecule has 0 atom stereocenters. The standard InChI is InChI=1S/C20H19N7O2/c1-21-18-16(13-9-22-10-14-15(13)23-11-27(14)2)25-17(20(28)29-3)19(26-18)24-12-7-5-4-6-8-12/h4-11H,1-3H3,(H2,21,24,26). The zero-order chi connectivity index (χ0) is 20.4. The fraction of sp³-hybridized carbons (Fsp3) is 0.150. The third-order valence-corrected chi connectivity index (χ3v) is 4.44. The molecule has 0 aliphatic heterocycles. The fourth-order valence-electron chi connectivity index (χ4n) is 3.00. The van der Waals surface area contributed by atoms with E-state index < -0.39 is 5.97 Å². The van der Waals surface area contributed by atoms with Gasteiger partial charge < -0.3 is 19.9 Å². The van der Waals surface area contributed by atoms with Crippen molar-refractivity contribution >= 4 is 34.3 Å². The Labute approximate surface area is 166 Å². The number of methoxy groups -OCH3 is 1. The normalized spacial score (nSPS) is 10.7. The smallest absolute Gasteiger partial charge is 0.360 e. The highest BCUT2D eigenvalue weighted by Gasteiger charge is 2.22. The van der Waals surface area contributed by atoms with Gasteiger partial charge in [-0.05, 0) is 12.1 Å². The van der Waals surface area contributed by atoms with Crippen LogP contribution in [0.4, 0.5) is 17.3 Å². The Balaban J connectivity index is 1.92. The minimum absolute atomic E-state index is 0.0679. The summed E-state index contributed by atoms with van der Waals surface area (Å²) in [5, 5.41) is 6.18. The van der Waals surface area contributed by atoms with Gasteiger partial charge in [0.15, 0.2) is 17.3 Å². The Morgan fingerprint density at radius 1 is 1.10 bits per heavy atom. The van der Waals surface area contributed by atoms with Crippen LogP contribution in [0.15, 0.2) is 49.1 Å². The van der Waals surface area contributed by atoms with Crippen molar-refractivity contribution in [2.24, 2.45) is 7.05 Å². The number of ether oxygens (including phenoxy) is 1. The van der Waals surface area contributed by atoms with E-state index in [1.54, 1.807) is 25.8 Å². The van der Waals surface area contributed by atoms with Crippen LogP contribution in [0.3, 0.4) is 0 Å². The topological polar surface area (TPSA) is 107 Å². The van der Waals surface area contributed by atoms with Crippen molar-refractivity contribution in [2.75, 3.05) is 24.8 Å². The molecule has 0 radical (unpaired) electrons. The molecule has 9 heteroatoms. The maximum absolute atomic E-state index is 12.5. The van der Waals surface area contributed by atoms with Gasteiger partial charge in [0, 0.05) is 26.0 Å². The highest BCUT2D eigenvalue weighted by atomic mass is 16.5. The highest BCUT2D eigenvalue weighted by Crippen LogP contribution is 2.32. The number of pyridine rings is 1. The fourth-order valence-corrected chi connectivity index (χ4v) is 3.00. The van der Waals surface area contributed by atoms with Gasteiger partial charge in [0.05, 0.1) is 30.7 Å². The van der Waals surface area contributed by atoms with E-state index in [0.717, 1.165) is 11.2 Å². The van der Waals surface area contributed by atoms with Crippen molar-refractivity contribution in [3.05, 3.63) is 54.7 Å². The van der Waals surface area contributed by atoms with E-state index in [0.29, 0.717) is 22.6 Å². The Morgan fingerprint density at radius 3 is 2.62 bits per heavy atom. The molecule has 0 unspecified atom stereocenters. The number of benzene rings is 1. The van der Waals surface area contributed by atoms with Gasteiger partial charge >= 0.3 is 5.97 Å². The second-order valence-electron chi connectivity index (χ2n) is 6.26. The number of hydrogen-bond acceptors (Lipinski definition) is 8. The van der Waals surface area contributed by atoms with Gasteiger partial charge in [-0.25, -0.2) is 19.7 Å². The summed E-state index contributed by atoms with van der Waals surface area (Å²) in [5.74, 6) is 0.175. The van der Waals surface area contributed by atoms with Crippen LogP contribution >= 0.6 is 0 Å². The van der Waals surface area contributed by atoms with Crippen molar-refractivity contribution < 1.29 is 9.53 Å². The van der Waals surface area contributed by atoms with E-state index in [-0.39, 0.29) is 11.5 Å². The number of nitrogens with zero attached hydrogens (tertiary/aromatic N) is 5. The van der Waals surface area contributed by atoms with Crippen LogP contribution in [0.5, 0.6) is 0 Å². The summed E-state index contributed by atoms with van der Waals surface area (Å²) in [6, 6.07) is 9.41. The lowest BCUT2D eigenvalue weighted by Crippen LogP contribution is -2.13. The molecule has 9 nitrogen and oxygen atoms in total. The van der Waals surface area contributed by atoms with Gasteiger partial charge in [-0.2, -0.15) is 0 Å². The molecule has 1 aromatic carbocycles.